The van der Waals surface area contributed by atoms with Crippen LogP contribution in [0.25, 0.3) is 0 Å². The zero-order valence-corrected chi connectivity index (χ0v) is 11.1. The fourth-order valence-corrected chi connectivity index (χ4v) is 2.36. The van der Waals surface area contributed by atoms with E-state index < -0.39 is 0 Å². The van der Waals surface area contributed by atoms with Crippen molar-refractivity contribution in [3.05, 3.63) is 28.7 Å². The van der Waals surface area contributed by atoms with Crippen molar-refractivity contribution in [2.24, 2.45) is 10.7 Å². The van der Waals surface area contributed by atoms with Crippen molar-refractivity contribution in [1.29, 1.82) is 0 Å². The molecule has 0 saturated carbocycles. The van der Waals surface area contributed by atoms with Crippen LogP contribution in [0.1, 0.15) is 13.3 Å². The van der Waals surface area contributed by atoms with Gasteiger partial charge in [0, 0.05) is 15.9 Å². The summed E-state index contributed by atoms with van der Waals surface area (Å²) >= 11 is 5.14. The van der Waals surface area contributed by atoms with Crippen LogP contribution in [0, 0.1) is 0 Å². The van der Waals surface area contributed by atoms with E-state index in [9.17, 15) is 0 Å². The first-order chi connectivity index (χ1) is 7.22. The van der Waals surface area contributed by atoms with Crippen LogP contribution < -0.4 is 5.73 Å². The van der Waals surface area contributed by atoms with Crippen LogP contribution in [0.5, 0.6) is 0 Å². The predicted molar refractivity (Wildman–Crippen MR) is 71.6 cm³/mol. The molecule has 1 rings (SSSR count). The quantitative estimate of drug-likeness (QED) is 0.512. The van der Waals surface area contributed by atoms with Gasteiger partial charge in [-0.05, 0) is 24.6 Å². The summed E-state index contributed by atoms with van der Waals surface area (Å²) in [5, 5.41) is 0. The Morgan fingerprint density at radius 1 is 1.53 bits per heavy atom. The Morgan fingerprint density at radius 3 is 3.00 bits per heavy atom. The Labute approximate surface area is 103 Å². The maximum Gasteiger partial charge on any atom is 0.104 e. The van der Waals surface area contributed by atoms with E-state index in [2.05, 4.69) is 40.0 Å². The third-order valence-corrected chi connectivity index (χ3v) is 3.24. The summed E-state index contributed by atoms with van der Waals surface area (Å²) in [5.41, 5.74) is 5.76. The molecule has 0 heterocycles. The van der Waals surface area contributed by atoms with Crippen molar-refractivity contribution in [1.82, 2.24) is 0 Å². The second kappa shape index (κ2) is 6.90. The van der Waals surface area contributed by atoms with Gasteiger partial charge in [0.15, 0.2) is 0 Å². The monoisotopic (exact) mass is 286 g/mol. The van der Waals surface area contributed by atoms with E-state index in [1.807, 2.05) is 12.1 Å². The van der Waals surface area contributed by atoms with Crippen LogP contribution >= 0.6 is 27.7 Å². The maximum absolute atomic E-state index is 5.76. The molecule has 0 spiro atoms. The smallest absolute Gasteiger partial charge is 0.104 e. The first kappa shape index (κ1) is 12.6. The lowest BCUT2D eigenvalue weighted by molar-refractivity contribution is 0.929. The molecule has 2 N–H and O–H groups in total. The van der Waals surface area contributed by atoms with Gasteiger partial charge in [0.25, 0.3) is 0 Å². The van der Waals surface area contributed by atoms with Gasteiger partial charge < -0.3 is 5.73 Å². The van der Waals surface area contributed by atoms with E-state index in [0.717, 1.165) is 29.0 Å². The number of thioether (sulfide) groups is 1. The number of hydrogen-bond acceptors (Lipinski definition) is 2. The molecule has 0 amide bonds. The van der Waals surface area contributed by atoms with Crippen molar-refractivity contribution >= 4 is 33.5 Å². The van der Waals surface area contributed by atoms with E-state index in [4.69, 9.17) is 5.73 Å². The Balaban J connectivity index is 2.43. The Bertz CT molecular complexity index is 339. The summed E-state index contributed by atoms with van der Waals surface area (Å²) in [5.74, 6) is 1.48. The molecular formula is C11H15BrN2S. The van der Waals surface area contributed by atoms with Gasteiger partial charge in [0.2, 0.25) is 0 Å². The average molecular weight is 287 g/mol. The molecule has 0 bridgehead atoms. The lowest BCUT2D eigenvalue weighted by Gasteiger charge is -2.02. The molecule has 0 fully saturated rings. The summed E-state index contributed by atoms with van der Waals surface area (Å²) in [4.78, 5) is 5.45. The van der Waals surface area contributed by atoms with Crippen molar-refractivity contribution in [2.45, 2.75) is 18.2 Å². The molecule has 0 aromatic heterocycles. The van der Waals surface area contributed by atoms with E-state index in [-0.39, 0.29) is 0 Å². The molecule has 4 heteroatoms. The topological polar surface area (TPSA) is 38.4 Å². The minimum Gasteiger partial charge on any atom is -0.387 e. The number of aliphatic imine (C=N–C) groups is 1. The first-order valence-electron chi connectivity index (χ1n) is 4.89. The van der Waals surface area contributed by atoms with Gasteiger partial charge in [-0.2, -0.15) is 0 Å². The zero-order valence-electron chi connectivity index (χ0n) is 8.74. The van der Waals surface area contributed by atoms with Crippen molar-refractivity contribution in [3.63, 3.8) is 0 Å². The van der Waals surface area contributed by atoms with Crippen molar-refractivity contribution in [3.8, 4) is 0 Å². The van der Waals surface area contributed by atoms with Crippen LogP contribution in [-0.2, 0) is 0 Å². The first-order valence-corrected chi connectivity index (χ1v) is 6.67. The van der Waals surface area contributed by atoms with Crippen LogP contribution in [0.2, 0.25) is 0 Å². The molecule has 82 valence electrons. The molecular weight excluding hydrogens is 272 g/mol. The summed E-state index contributed by atoms with van der Waals surface area (Å²) < 4.78 is 1.09. The van der Waals surface area contributed by atoms with Gasteiger partial charge in [0.1, 0.15) is 5.84 Å². The molecule has 0 radical (unpaired) electrons. The van der Waals surface area contributed by atoms with Gasteiger partial charge in [-0.25, -0.2) is 0 Å². The number of benzene rings is 1. The lowest BCUT2D eigenvalue weighted by atomic mass is 10.4. The van der Waals surface area contributed by atoms with Gasteiger partial charge in [-0.3, -0.25) is 4.99 Å². The zero-order chi connectivity index (χ0) is 11.1. The maximum atomic E-state index is 5.76. The lowest BCUT2D eigenvalue weighted by Crippen LogP contribution is -2.15. The molecule has 1 aromatic rings. The Hall–Kier alpha value is -0.480. The van der Waals surface area contributed by atoms with E-state index in [1.165, 1.54) is 4.90 Å². The van der Waals surface area contributed by atoms with E-state index >= 15 is 0 Å². The van der Waals surface area contributed by atoms with Crippen LogP contribution in [-0.4, -0.2) is 18.1 Å². The minimum atomic E-state index is 0.724. The van der Waals surface area contributed by atoms with E-state index in [1.54, 1.807) is 11.8 Å². The van der Waals surface area contributed by atoms with Crippen LogP contribution in [0.3, 0.4) is 0 Å². The standard InChI is InChI=1S/C11H15BrN2S/c1-2-6-14-11(13)8-15-10-5-3-4-9(12)7-10/h3-5,7H,2,6,8H2,1H3,(H2,13,14). The summed E-state index contributed by atoms with van der Waals surface area (Å²) in [6.07, 6.45) is 1.04. The molecule has 0 unspecified atom stereocenters. The van der Waals surface area contributed by atoms with Gasteiger partial charge in [0.05, 0.1) is 5.75 Å². The highest BCUT2D eigenvalue weighted by molar-refractivity contribution is 9.10. The average Bonchev–Trinajstić information content (AvgIpc) is 2.23. The molecule has 15 heavy (non-hydrogen) atoms. The van der Waals surface area contributed by atoms with Crippen LogP contribution in [0.15, 0.2) is 38.6 Å². The number of amidine groups is 1. The predicted octanol–water partition coefficient (Wildman–Crippen LogP) is 3.31. The third-order valence-electron chi connectivity index (χ3n) is 1.72. The number of hydrogen-bond donors (Lipinski definition) is 1. The summed E-state index contributed by atoms with van der Waals surface area (Å²) in [6, 6.07) is 8.19. The second-order valence-electron chi connectivity index (χ2n) is 3.12. The molecule has 0 aliphatic heterocycles. The number of rotatable bonds is 5. The molecule has 0 atom stereocenters. The van der Waals surface area contributed by atoms with Gasteiger partial charge in [-0.15, -0.1) is 11.8 Å². The highest BCUT2D eigenvalue weighted by atomic mass is 79.9. The highest BCUT2D eigenvalue weighted by Crippen LogP contribution is 2.21. The Morgan fingerprint density at radius 2 is 2.33 bits per heavy atom. The number of nitrogens with two attached hydrogens (primary N) is 1. The Kier molecular flexibility index (Phi) is 5.79. The number of nitrogens with zero attached hydrogens (tertiary/aromatic N) is 1. The SMILES string of the molecule is CCCN=C(N)CSc1cccc(Br)c1. The highest BCUT2D eigenvalue weighted by Gasteiger charge is 1.97. The molecule has 0 saturated heterocycles. The molecule has 0 aliphatic rings. The van der Waals surface area contributed by atoms with Crippen LogP contribution in [0.4, 0.5) is 0 Å². The minimum absolute atomic E-state index is 0.724. The van der Waals surface area contributed by atoms with Crippen molar-refractivity contribution in [2.75, 3.05) is 12.3 Å². The van der Waals surface area contributed by atoms with E-state index in [0.29, 0.717) is 0 Å². The summed E-state index contributed by atoms with van der Waals surface area (Å²) in [7, 11) is 0. The molecule has 0 aliphatic carbocycles. The molecule has 2 nitrogen and oxygen atoms in total. The van der Waals surface area contributed by atoms with Gasteiger partial charge in [-0.1, -0.05) is 28.9 Å². The second-order valence-corrected chi connectivity index (χ2v) is 5.08. The largest absolute Gasteiger partial charge is 0.387 e. The molecule has 1 aromatic carbocycles. The third kappa shape index (κ3) is 5.23. The fraction of sp³-hybridized carbons (Fsp3) is 0.364. The van der Waals surface area contributed by atoms with Crippen molar-refractivity contribution < 1.29 is 0 Å². The van der Waals surface area contributed by atoms with Gasteiger partial charge >= 0.3 is 0 Å². The summed E-state index contributed by atoms with van der Waals surface area (Å²) in [6.45, 7) is 2.92. The number of halogens is 1. The normalized spacial score (nSPS) is 11.7. The fourth-order valence-electron chi connectivity index (χ4n) is 1.02.